The van der Waals surface area contributed by atoms with Gasteiger partial charge in [-0.05, 0) is 19.8 Å². The highest BCUT2D eigenvalue weighted by Gasteiger charge is 2.17. The fourth-order valence-corrected chi connectivity index (χ4v) is 1.18. The zero-order valence-electron chi connectivity index (χ0n) is 7.25. The summed E-state index contributed by atoms with van der Waals surface area (Å²) in [7, 11) is 0. The zero-order valence-corrected chi connectivity index (χ0v) is 7.25. The molecule has 0 bridgehead atoms. The van der Waals surface area contributed by atoms with Crippen LogP contribution in [0.3, 0.4) is 0 Å². The van der Waals surface area contributed by atoms with Crippen molar-refractivity contribution >= 4 is 5.91 Å². The number of hydrogen-bond donors (Lipinski definition) is 2. The molecule has 1 aliphatic heterocycles. The Kier molecular flexibility index (Phi) is 3.49. The molecule has 1 saturated heterocycles. The standard InChI is InChI=1S/C8H15NO3/c1-6(10)8(11)9-7-3-2-4-12-5-7/h6-7,10H,2-5H2,1H3,(H,9,11)/t6-,7+/m0/s1. The number of carbonyl (C=O) groups is 1. The third kappa shape index (κ3) is 2.79. The van der Waals surface area contributed by atoms with Gasteiger partial charge in [0.2, 0.25) is 5.91 Å². The summed E-state index contributed by atoms with van der Waals surface area (Å²) in [5.74, 6) is -0.314. The molecule has 0 aromatic heterocycles. The number of aliphatic hydroxyl groups excluding tert-OH is 1. The second kappa shape index (κ2) is 4.42. The normalized spacial score (nSPS) is 26.3. The molecule has 1 heterocycles. The smallest absolute Gasteiger partial charge is 0.248 e. The van der Waals surface area contributed by atoms with Crippen molar-refractivity contribution in [3.8, 4) is 0 Å². The summed E-state index contributed by atoms with van der Waals surface area (Å²) in [6.45, 7) is 2.80. The van der Waals surface area contributed by atoms with Crippen molar-refractivity contribution in [3.05, 3.63) is 0 Å². The average Bonchev–Trinajstić information content (AvgIpc) is 2.06. The summed E-state index contributed by atoms with van der Waals surface area (Å²) >= 11 is 0. The Morgan fingerprint density at radius 1 is 1.75 bits per heavy atom. The lowest BCUT2D eigenvalue weighted by molar-refractivity contribution is -0.130. The SMILES string of the molecule is C[C@H](O)C(=O)N[C@@H]1CCCOC1. The van der Waals surface area contributed by atoms with Gasteiger partial charge in [-0.15, -0.1) is 0 Å². The van der Waals surface area contributed by atoms with E-state index in [0.29, 0.717) is 6.61 Å². The summed E-state index contributed by atoms with van der Waals surface area (Å²) in [6.07, 6.45) is 0.996. The van der Waals surface area contributed by atoms with Crippen LogP contribution in [-0.2, 0) is 9.53 Å². The van der Waals surface area contributed by atoms with Gasteiger partial charge < -0.3 is 15.2 Å². The molecule has 12 heavy (non-hydrogen) atoms. The molecule has 0 aliphatic carbocycles. The third-order valence-electron chi connectivity index (χ3n) is 1.89. The Morgan fingerprint density at radius 3 is 3.00 bits per heavy atom. The predicted octanol–water partition coefficient (Wildman–Crippen LogP) is -0.338. The fraction of sp³-hybridized carbons (Fsp3) is 0.875. The Balaban J connectivity index is 2.24. The lowest BCUT2D eigenvalue weighted by Gasteiger charge is -2.23. The van der Waals surface area contributed by atoms with Gasteiger partial charge in [-0.1, -0.05) is 0 Å². The van der Waals surface area contributed by atoms with Crippen molar-refractivity contribution in [1.82, 2.24) is 5.32 Å². The number of carbonyl (C=O) groups excluding carboxylic acids is 1. The maximum atomic E-state index is 11.0. The van der Waals surface area contributed by atoms with Crippen molar-refractivity contribution in [2.75, 3.05) is 13.2 Å². The van der Waals surface area contributed by atoms with Crippen molar-refractivity contribution in [3.63, 3.8) is 0 Å². The Labute approximate surface area is 71.9 Å². The van der Waals surface area contributed by atoms with Crippen LogP contribution >= 0.6 is 0 Å². The molecule has 1 rings (SSSR count). The molecule has 2 atom stereocenters. The molecule has 0 aromatic rings. The van der Waals surface area contributed by atoms with Crippen LogP contribution in [0.5, 0.6) is 0 Å². The summed E-state index contributed by atoms with van der Waals surface area (Å²) in [5, 5.41) is 11.6. The van der Waals surface area contributed by atoms with Crippen LogP contribution in [0.2, 0.25) is 0 Å². The van der Waals surface area contributed by atoms with Gasteiger partial charge in [0.1, 0.15) is 6.10 Å². The molecule has 0 radical (unpaired) electrons. The van der Waals surface area contributed by atoms with Gasteiger partial charge in [-0.2, -0.15) is 0 Å². The zero-order chi connectivity index (χ0) is 8.97. The lowest BCUT2D eigenvalue weighted by atomic mass is 10.1. The average molecular weight is 173 g/mol. The Morgan fingerprint density at radius 2 is 2.50 bits per heavy atom. The van der Waals surface area contributed by atoms with Crippen molar-refractivity contribution < 1.29 is 14.6 Å². The Bertz CT molecular complexity index is 152. The predicted molar refractivity (Wildman–Crippen MR) is 43.7 cm³/mol. The molecule has 70 valence electrons. The highest BCUT2D eigenvalue weighted by atomic mass is 16.5. The van der Waals surface area contributed by atoms with Crippen LogP contribution in [0, 0.1) is 0 Å². The molecule has 1 amide bonds. The lowest BCUT2D eigenvalue weighted by Crippen LogP contribution is -2.44. The summed E-state index contributed by atoms with van der Waals surface area (Å²) in [6, 6.07) is 0.0841. The van der Waals surface area contributed by atoms with Gasteiger partial charge in [0.05, 0.1) is 12.6 Å². The highest BCUT2D eigenvalue weighted by Crippen LogP contribution is 2.05. The number of hydrogen-bond acceptors (Lipinski definition) is 3. The van der Waals surface area contributed by atoms with E-state index in [1.165, 1.54) is 6.92 Å². The number of aliphatic hydroxyl groups is 1. The second-order valence-electron chi connectivity index (χ2n) is 3.10. The molecule has 1 aliphatic rings. The molecule has 4 heteroatoms. The van der Waals surface area contributed by atoms with E-state index in [2.05, 4.69) is 5.32 Å². The van der Waals surface area contributed by atoms with Crippen molar-refractivity contribution in [2.24, 2.45) is 0 Å². The van der Waals surface area contributed by atoms with E-state index < -0.39 is 6.10 Å². The molecule has 2 N–H and O–H groups in total. The summed E-state index contributed by atoms with van der Waals surface area (Å²) in [5.41, 5.74) is 0. The molecular formula is C8H15NO3. The number of ether oxygens (including phenoxy) is 1. The quantitative estimate of drug-likeness (QED) is 0.600. The summed E-state index contributed by atoms with van der Waals surface area (Å²) in [4.78, 5) is 11.0. The van der Waals surface area contributed by atoms with E-state index in [1.807, 2.05) is 0 Å². The first-order valence-electron chi connectivity index (χ1n) is 4.26. The number of nitrogens with one attached hydrogen (secondary N) is 1. The van der Waals surface area contributed by atoms with Gasteiger partial charge in [-0.3, -0.25) is 4.79 Å². The van der Waals surface area contributed by atoms with Gasteiger partial charge in [0, 0.05) is 6.61 Å². The number of rotatable bonds is 2. The minimum atomic E-state index is -0.924. The van der Waals surface area contributed by atoms with Gasteiger partial charge in [0.25, 0.3) is 0 Å². The maximum Gasteiger partial charge on any atom is 0.248 e. The topological polar surface area (TPSA) is 58.6 Å². The minimum Gasteiger partial charge on any atom is -0.384 e. The van der Waals surface area contributed by atoms with Crippen LogP contribution in [0.4, 0.5) is 0 Å². The monoisotopic (exact) mass is 173 g/mol. The second-order valence-corrected chi connectivity index (χ2v) is 3.10. The molecule has 4 nitrogen and oxygen atoms in total. The van der Waals surface area contributed by atoms with Crippen molar-refractivity contribution in [1.29, 1.82) is 0 Å². The van der Waals surface area contributed by atoms with Gasteiger partial charge >= 0.3 is 0 Å². The van der Waals surface area contributed by atoms with E-state index in [-0.39, 0.29) is 11.9 Å². The third-order valence-corrected chi connectivity index (χ3v) is 1.89. The Hall–Kier alpha value is -0.610. The first-order valence-corrected chi connectivity index (χ1v) is 4.26. The molecule has 1 fully saturated rings. The van der Waals surface area contributed by atoms with Gasteiger partial charge in [0.15, 0.2) is 0 Å². The molecule has 0 aromatic carbocycles. The largest absolute Gasteiger partial charge is 0.384 e. The summed E-state index contributed by atoms with van der Waals surface area (Å²) < 4.78 is 5.17. The highest BCUT2D eigenvalue weighted by molar-refractivity contribution is 5.80. The molecule has 0 unspecified atom stereocenters. The first kappa shape index (κ1) is 9.48. The van der Waals surface area contributed by atoms with Crippen LogP contribution in [-0.4, -0.2) is 36.4 Å². The first-order chi connectivity index (χ1) is 5.70. The van der Waals surface area contributed by atoms with E-state index in [4.69, 9.17) is 9.84 Å². The molecular weight excluding hydrogens is 158 g/mol. The van der Waals surface area contributed by atoms with Crippen LogP contribution in [0.25, 0.3) is 0 Å². The molecule has 0 saturated carbocycles. The molecule has 0 spiro atoms. The van der Waals surface area contributed by atoms with Crippen molar-refractivity contribution in [2.45, 2.75) is 31.9 Å². The van der Waals surface area contributed by atoms with Crippen LogP contribution in [0.15, 0.2) is 0 Å². The van der Waals surface area contributed by atoms with Crippen LogP contribution in [0.1, 0.15) is 19.8 Å². The van der Waals surface area contributed by atoms with E-state index >= 15 is 0 Å². The maximum absolute atomic E-state index is 11.0. The van der Waals surface area contributed by atoms with Crippen LogP contribution < -0.4 is 5.32 Å². The fourth-order valence-electron chi connectivity index (χ4n) is 1.18. The van der Waals surface area contributed by atoms with E-state index in [1.54, 1.807) is 0 Å². The number of amides is 1. The van der Waals surface area contributed by atoms with Gasteiger partial charge in [-0.25, -0.2) is 0 Å². The van der Waals surface area contributed by atoms with E-state index in [9.17, 15) is 4.79 Å². The van der Waals surface area contributed by atoms with E-state index in [0.717, 1.165) is 19.4 Å². The minimum absolute atomic E-state index is 0.0841.